The average molecular weight is 183 g/mol. The van der Waals surface area contributed by atoms with Crippen LogP contribution in [0.4, 0.5) is 13.2 Å². The summed E-state index contributed by atoms with van der Waals surface area (Å²) in [5, 5.41) is 0. The number of aliphatic imine (C=N–C) groups is 1. The number of ether oxygens (including phenoxy) is 1. The molecule has 0 heterocycles. The molecule has 70 valence electrons. The number of hydrogen-bond donors (Lipinski definition) is 0. The SMILES string of the molecule is COCC(CN=C=O)C(F)(F)F. The first-order valence-electron chi connectivity index (χ1n) is 3.11. The van der Waals surface area contributed by atoms with E-state index < -0.39 is 25.2 Å². The molecule has 0 aromatic heterocycles. The number of carbonyl (C=O) groups excluding carboxylic acids is 1. The fourth-order valence-corrected chi connectivity index (χ4v) is 0.599. The van der Waals surface area contributed by atoms with E-state index in [1.807, 2.05) is 0 Å². The molecular formula is C6H8F3NO2. The monoisotopic (exact) mass is 183 g/mol. The van der Waals surface area contributed by atoms with Crippen molar-refractivity contribution < 1.29 is 22.7 Å². The Morgan fingerprint density at radius 1 is 1.58 bits per heavy atom. The molecule has 0 aromatic rings. The highest BCUT2D eigenvalue weighted by Gasteiger charge is 2.39. The number of nitrogens with zero attached hydrogens (tertiary/aromatic N) is 1. The molecule has 0 aliphatic carbocycles. The van der Waals surface area contributed by atoms with E-state index in [4.69, 9.17) is 0 Å². The lowest BCUT2D eigenvalue weighted by Gasteiger charge is -2.16. The quantitative estimate of drug-likeness (QED) is 0.484. The number of halogens is 3. The number of methoxy groups -OCH3 is 1. The van der Waals surface area contributed by atoms with Crippen LogP contribution in [0, 0.1) is 5.92 Å². The molecular weight excluding hydrogens is 175 g/mol. The number of isocyanates is 1. The summed E-state index contributed by atoms with van der Waals surface area (Å²) in [6.07, 6.45) is -3.33. The van der Waals surface area contributed by atoms with Crippen LogP contribution in [0.1, 0.15) is 0 Å². The first-order chi connectivity index (χ1) is 5.52. The Hall–Kier alpha value is -0.870. The van der Waals surface area contributed by atoms with E-state index in [2.05, 4.69) is 9.73 Å². The summed E-state index contributed by atoms with van der Waals surface area (Å²) in [4.78, 5) is 12.4. The van der Waals surface area contributed by atoms with Crippen molar-refractivity contribution in [2.24, 2.45) is 10.9 Å². The van der Waals surface area contributed by atoms with Crippen molar-refractivity contribution in [1.82, 2.24) is 0 Å². The summed E-state index contributed by atoms with van der Waals surface area (Å²) in [6.45, 7) is -1.12. The fourth-order valence-electron chi connectivity index (χ4n) is 0.599. The molecule has 0 saturated carbocycles. The third-order valence-corrected chi connectivity index (χ3v) is 1.21. The zero-order valence-electron chi connectivity index (χ0n) is 6.39. The molecule has 0 aliphatic heterocycles. The van der Waals surface area contributed by atoms with Gasteiger partial charge in [0.1, 0.15) is 0 Å². The van der Waals surface area contributed by atoms with Crippen molar-refractivity contribution in [1.29, 1.82) is 0 Å². The molecule has 0 aliphatic rings. The van der Waals surface area contributed by atoms with E-state index in [0.29, 0.717) is 0 Å². The van der Waals surface area contributed by atoms with E-state index in [1.165, 1.54) is 0 Å². The third kappa shape index (κ3) is 4.10. The molecule has 0 N–H and O–H groups in total. The van der Waals surface area contributed by atoms with E-state index in [9.17, 15) is 18.0 Å². The zero-order chi connectivity index (χ0) is 9.61. The van der Waals surface area contributed by atoms with Gasteiger partial charge in [-0.2, -0.15) is 13.2 Å². The standard InChI is InChI=1S/C6H8F3NO2/c1-12-3-5(2-10-4-11)6(7,8)9/h5H,2-3H2,1H3. The molecule has 12 heavy (non-hydrogen) atoms. The van der Waals surface area contributed by atoms with Crippen molar-refractivity contribution in [3.63, 3.8) is 0 Å². The molecule has 6 heteroatoms. The van der Waals surface area contributed by atoms with Crippen LogP contribution in [-0.4, -0.2) is 32.5 Å². The van der Waals surface area contributed by atoms with Crippen molar-refractivity contribution in [3.8, 4) is 0 Å². The van der Waals surface area contributed by atoms with Crippen LogP contribution in [0.3, 0.4) is 0 Å². The summed E-state index contributed by atoms with van der Waals surface area (Å²) < 4.78 is 40.2. The van der Waals surface area contributed by atoms with Gasteiger partial charge < -0.3 is 4.74 Å². The van der Waals surface area contributed by atoms with Crippen LogP contribution in [0.15, 0.2) is 4.99 Å². The van der Waals surface area contributed by atoms with Crippen molar-refractivity contribution in [3.05, 3.63) is 0 Å². The van der Waals surface area contributed by atoms with Crippen LogP contribution in [0.2, 0.25) is 0 Å². The van der Waals surface area contributed by atoms with E-state index in [0.717, 1.165) is 13.2 Å². The fraction of sp³-hybridized carbons (Fsp3) is 0.833. The van der Waals surface area contributed by atoms with Crippen molar-refractivity contribution >= 4 is 6.08 Å². The highest BCUT2D eigenvalue weighted by molar-refractivity contribution is 5.32. The molecule has 0 fully saturated rings. The highest BCUT2D eigenvalue weighted by atomic mass is 19.4. The van der Waals surface area contributed by atoms with E-state index in [-0.39, 0.29) is 0 Å². The van der Waals surface area contributed by atoms with Gasteiger partial charge in [0.15, 0.2) is 0 Å². The van der Waals surface area contributed by atoms with Gasteiger partial charge in [-0.15, -0.1) is 0 Å². The largest absolute Gasteiger partial charge is 0.395 e. The second-order valence-corrected chi connectivity index (χ2v) is 2.13. The summed E-state index contributed by atoms with van der Waals surface area (Å²) in [7, 11) is 1.16. The van der Waals surface area contributed by atoms with Gasteiger partial charge in [0.2, 0.25) is 6.08 Å². The minimum absolute atomic E-state index is 0.491. The summed E-state index contributed by atoms with van der Waals surface area (Å²) in [5.41, 5.74) is 0. The molecule has 0 amide bonds. The topological polar surface area (TPSA) is 38.7 Å². The van der Waals surface area contributed by atoms with Crippen LogP contribution in [-0.2, 0) is 9.53 Å². The maximum Gasteiger partial charge on any atom is 0.395 e. The van der Waals surface area contributed by atoms with Gasteiger partial charge in [-0.1, -0.05) is 0 Å². The molecule has 0 saturated heterocycles. The molecule has 0 spiro atoms. The van der Waals surface area contributed by atoms with Crippen molar-refractivity contribution in [2.45, 2.75) is 6.18 Å². The first kappa shape index (κ1) is 11.1. The third-order valence-electron chi connectivity index (χ3n) is 1.21. The molecule has 3 nitrogen and oxygen atoms in total. The van der Waals surface area contributed by atoms with Gasteiger partial charge in [-0.25, -0.2) is 9.79 Å². The van der Waals surface area contributed by atoms with Gasteiger partial charge >= 0.3 is 6.18 Å². The average Bonchev–Trinajstić information content (AvgIpc) is 1.95. The van der Waals surface area contributed by atoms with Crippen LogP contribution >= 0.6 is 0 Å². The highest BCUT2D eigenvalue weighted by Crippen LogP contribution is 2.26. The maximum absolute atomic E-state index is 12.0. The smallest absolute Gasteiger partial charge is 0.384 e. The Balaban J connectivity index is 4.12. The van der Waals surface area contributed by atoms with Gasteiger partial charge in [0.05, 0.1) is 19.1 Å². The van der Waals surface area contributed by atoms with E-state index >= 15 is 0 Å². The second kappa shape index (κ2) is 4.90. The van der Waals surface area contributed by atoms with Crippen molar-refractivity contribution in [2.75, 3.05) is 20.3 Å². The molecule has 0 rings (SSSR count). The minimum Gasteiger partial charge on any atom is -0.384 e. The summed E-state index contributed by atoms with van der Waals surface area (Å²) in [5.74, 6) is -1.72. The van der Waals surface area contributed by atoms with Gasteiger partial charge in [0, 0.05) is 7.11 Å². The van der Waals surface area contributed by atoms with Gasteiger partial charge in [-0.05, 0) is 0 Å². The van der Waals surface area contributed by atoms with Crippen LogP contribution in [0.25, 0.3) is 0 Å². The zero-order valence-corrected chi connectivity index (χ0v) is 6.39. The molecule has 1 atom stereocenters. The predicted molar refractivity (Wildman–Crippen MR) is 34.4 cm³/mol. The minimum atomic E-state index is -4.38. The summed E-state index contributed by atoms with van der Waals surface area (Å²) >= 11 is 0. The Morgan fingerprint density at radius 3 is 2.50 bits per heavy atom. The van der Waals surface area contributed by atoms with Crippen LogP contribution in [0.5, 0.6) is 0 Å². The normalized spacial score (nSPS) is 13.7. The number of alkyl halides is 3. The lowest BCUT2D eigenvalue weighted by atomic mass is 10.1. The maximum atomic E-state index is 12.0. The summed E-state index contributed by atoms with van der Waals surface area (Å²) in [6, 6.07) is 0. The van der Waals surface area contributed by atoms with Gasteiger partial charge in [-0.3, -0.25) is 0 Å². The number of rotatable bonds is 4. The first-order valence-corrected chi connectivity index (χ1v) is 3.11. The Kier molecular flexibility index (Phi) is 4.54. The lowest BCUT2D eigenvalue weighted by Crippen LogP contribution is -2.29. The van der Waals surface area contributed by atoms with E-state index in [1.54, 1.807) is 0 Å². The Bertz CT molecular complexity index is 174. The molecule has 0 bridgehead atoms. The number of hydrogen-bond acceptors (Lipinski definition) is 3. The molecule has 1 unspecified atom stereocenters. The molecule has 0 aromatic carbocycles. The second-order valence-electron chi connectivity index (χ2n) is 2.13. The Labute approximate surface area is 67.2 Å². The van der Waals surface area contributed by atoms with Gasteiger partial charge in [0.25, 0.3) is 0 Å². The van der Waals surface area contributed by atoms with Crippen LogP contribution < -0.4 is 0 Å². The lowest BCUT2D eigenvalue weighted by molar-refractivity contribution is -0.182. The Morgan fingerprint density at radius 2 is 2.17 bits per heavy atom. The molecule has 0 radical (unpaired) electrons. The predicted octanol–water partition coefficient (Wildman–Crippen LogP) is 1.15.